The maximum atomic E-state index is 9.76. The number of nitrogens with two attached hydrogens (primary N) is 1. The molecule has 0 aromatic heterocycles. The fraction of sp³-hybridized carbons (Fsp3) is 1.00. The van der Waals surface area contributed by atoms with E-state index in [1.165, 1.54) is 0 Å². The summed E-state index contributed by atoms with van der Waals surface area (Å²) in [6.07, 6.45) is -1.63. The highest BCUT2D eigenvalue weighted by Crippen LogP contribution is 2.25. The molecule has 1 rings (SSSR count). The number of hydrogen-bond acceptors (Lipinski definition) is 6. The molecule has 1 aliphatic rings. The summed E-state index contributed by atoms with van der Waals surface area (Å²) in [6, 6.07) is 0. The van der Waals surface area contributed by atoms with Crippen LogP contribution in [0.25, 0.3) is 0 Å². The molecule has 1 aliphatic heterocycles. The van der Waals surface area contributed by atoms with Crippen molar-refractivity contribution in [1.29, 1.82) is 0 Å². The van der Waals surface area contributed by atoms with Gasteiger partial charge in [0.05, 0.1) is 12.7 Å². The molecule has 0 amide bonds. The lowest BCUT2D eigenvalue weighted by molar-refractivity contribution is -0.243. The van der Waals surface area contributed by atoms with Gasteiger partial charge in [0.2, 0.25) is 0 Å². The molecule has 6 nitrogen and oxygen atoms in total. The quantitative estimate of drug-likeness (QED) is 0.452. The van der Waals surface area contributed by atoms with Crippen LogP contribution >= 0.6 is 0 Å². The Morgan fingerprint density at radius 1 is 1.25 bits per heavy atom. The van der Waals surface area contributed by atoms with E-state index in [0.29, 0.717) is 6.42 Å². The number of unbranched alkanes of at least 4 members (excludes halogenated alkanes) is 1. The van der Waals surface area contributed by atoms with Gasteiger partial charge < -0.3 is 20.1 Å². The van der Waals surface area contributed by atoms with E-state index in [1.54, 1.807) is 0 Å². The Morgan fingerprint density at radius 3 is 2.44 bits per heavy atom. The molecule has 0 saturated carbocycles. The summed E-state index contributed by atoms with van der Waals surface area (Å²) in [5.74, 6) is 5.09. The Morgan fingerprint density at radius 2 is 1.94 bits per heavy atom. The summed E-state index contributed by atoms with van der Waals surface area (Å²) in [4.78, 5) is 4.66. The van der Waals surface area contributed by atoms with Crippen molar-refractivity contribution in [1.82, 2.24) is 0 Å². The van der Waals surface area contributed by atoms with E-state index in [0.717, 1.165) is 12.8 Å². The zero-order valence-corrected chi connectivity index (χ0v) is 9.45. The van der Waals surface area contributed by atoms with Gasteiger partial charge in [-0.05, 0) is 6.42 Å². The van der Waals surface area contributed by atoms with E-state index in [2.05, 4.69) is 4.84 Å². The van der Waals surface area contributed by atoms with Gasteiger partial charge in [-0.2, -0.15) is 0 Å². The third-order valence-electron chi connectivity index (χ3n) is 2.96. The summed E-state index contributed by atoms with van der Waals surface area (Å²) < 4.78 is 5.46. The highest BCUT2D eigenvalue weighted by atomic mass is 16.7. The zero-order valence-electron chi connectivity index (χ0n) is 9.45. The van der Waals surface area contributed by atoms with E-state index in [-0.39, 0.29) is 12.7 Å². The van der Waals surface area contributed by atoms with Crippen molar-refractivity contribution in [2.75, 3.05) is 6.61 Å². The molecule has 0 radical (unpaired) electrons. The summed E-state index contributed by atoms with van der Waals surface area (Å²) in [6.45, 7) is 1.70. The number of aliphatic hydroxyl groups excluding tert-OH is 3. The second-order valence-electron chi connectivity index (χ2n) is 4.12. The summed E-state index contributed by atoms with van der Waals surface area (Å²) >= 11 is 0. The van der Waals surface area contributed by atoms with Crippen molar-refractivity contribution in [3.63, 3.8) is 0 Å². The maximum absolute atomic E-state index is 9.76. The van der Waals surface area contributed by atoms with Crippen LogP contribution in [0.5, 0.6) is 0 Å². The molecule has 1 saturated heterocycles. The summed E-state index contributed by atoms with van der Waals surface area (Å²) in [5, 5.41) is 28.4. The van der Waals surface area contributed by atoms with Gasteiger partial charge in [0.25, 0.3) is 0 Å². The van der Waals surface area contributed by atoms with Crippen LogP contribution in [0.2, 0.25) is 0 Å². The first-order chi connectivity index (χ1) is 7.65. The maximum Gasteiger partial charge on any atom is 0.133 e. The predicted octanol–water partition coefficient (Wildman–Crippen LogP) is -1.08. The highest BCUT2D eigenvalue weighted by molar-refractivity contribution is 4.92. The number of rotatable bonds is 5. The first-order valence-electron chi connectivity index (χ1n) is 5.63. The lowest BCUT2D eigenvalue weighted by Crippen LogP contribution is -2.59. The molecule has 5 unspecified atom stereocenters. The van der Waals surface area contributed by atoms with Crippen LogP contribution in [0.4, 0.5) is 0 Å². The molecule has 0 aromatic carbocycles. The van der Waals surface area contributed by atoms with Crippen molar-refractivity contribution in [2.45, 2.75) is 56.7 Å². The Balaban J connectivity index is 2.65. The highest BCUT2D eigenvalue weighted by Gasteiger charge is 2.44. The Kier molecular flexibility index (Phi) is 5.60. The molecule has 0 bridgehead atoms. The van der Waals surface area contributed by atoms with Crippen LogP contribution in [0.1, 0.15) is 26.2 Å². The Hall–Kier alpha value is -0.240. The minimum absolute atomic E-state index is 0.335. The molecule has 1 heterocycles. The van der Waals surface area contributed by atoms with Gasteiger partial charge >= 0.3 is 0 Å². The molecule has 1 fully saturated rings. The molecule has 5 atom stereocenters. The van der Waals surface area contributed by atoms with Crippen LogP contribution in [-0.2, 0) is 9.57 Å². The third kappa shape index (κ3) is 2.91. The van der Waals surface area contributed by atoms with Crippen LogP contribution < -0.4 is 5.90 Å². The largest absolute Gasteiger partial charge is 0.394 e. The average Bonchev–Trinajstić information content (AvgIpc) is 2.30. The van der Waals surface area contributed by atoms with Gasteiger partial charge in [0, 0.05) is 0 Å². The van der Waals surface area contributed by atoms with E-state index in [4.69, 9.17) is 15.7 Å². The topological polar surface area (TPSA) is 105 Å². The first kappa shape index (κ1) is 13.8. The predicted molar refractivity (Wildman–Crippen MR) is 56.3 cm³/mol. The smallest absolute Gasteiger partial charge is 0.133 e. The standard InChI is InChI=1S/C10H21NO5/c1-2-3-4-6-10(16-11)9(14)8(13)7(5-12)15-6/h6-10,12-14H,2-5,11H2,1H3. The monoisotopic (exact) mass is 235 g/mol. The average molecular weight is 235 g/mol. The van der Waals surface area contributed by atoms with E-state index in [9.17, 15) is 10.2 Å². The van der Waals surface area contributed by atoms with Crippen LogP contribution in [0.15, 0.2) is 0 Å². The SMILES string of the molecule is CCCCC1OC(CO)C(O)C(O)C1ON. The van der Waals surface area contributed by atoms with Crippen LogP contribution in [0.3, 0.4) is 0 Å². The fourth-order valence-corrected chi connectivity index (χ4v) is 1.97. The number of aliphatic hydroxyl groups is 3. The minimum atomic E-state index is -1.17. The second-order valence-corrected chi connectivity index (χ2v) is 4.12. The van der Waals surface area contributed by atoms with Gasteiger partial charge in [-0.1, -0.05) is 19.8 Å². The van der Waals surface area contributed by atoms with Crippen molar-refractivity contribution in [3.05, 3.63) is 0 Å². The van der Waals surface area contributed by atoms with Gasteiger partial charge in [0.15, 0.2) is 0 Å². The lowest BCUT2D eigenvalue weighted by atomic mass is 9.92. The van der Waals surface area contributed by atoms with Crippen molar-refractivity contribution >= 4 is 0 Å². The van der Waals surface area contributed by atoms with Gasteiger partial charge in [-0.15, -0.1) is 0 Å². The molecule has 0 aliphatic carbocycles. The molecule has 0 aromatic rings. The molecular weight excluding hydrogens is 214 g/mol. The van der Waals surface area contributed by atoms with Crippen LogP contribution in [-0.4, -0.2) is 52.4 Å². The van der Waals surface area contributed by atoms with E-state index >= 15 is 0 Å². The number of hydrogen-bond donors (Lipinski definition) is 4. The van der Waals surface area contributed by atoms with Crippen molar-refractivity contribution < 1.29 is 24.9 Å². The minimum Gasteiger partial charge on any atom is -0.394 e. The van der Waals surface area contributed by atoms with Crippen LogP contribution in [0, 0.1) is 0 Å². The molecule has 5 N–H and O–H groups in total. The van der Waals surface area contributed by atoms with Gasteiger partial charge in [0.1, 0.15) is 24.4 Å². The summed E-state index contributed by atoms with van der Waals surface area (Å²) in [7, 11) is 0. The lowest BCUT2D eigenvalue weighted by Gasteiger charge is -2.41. The first-order valence-corrected chi connectivity index (χ1v) is 5.63. The van der Waals surface area contributed by atoms with Crippen molar-refractivity contribution in [2.24, 2.45) is 5.90 Å². The summed E-state index contributed by atoms with van der Waals surface area (Å²) in [5.41, 5.74) is 0. The van der Waals surface area contributed by atoms with Gasteiger partial charge in [-0.3, -0.25) is 4.84 Å². The van der Waals surface area contributed by atoms with Gasteiger partial charge in [-0.25, -0.2) is 5.90 Å². The molecule has 0 spiro atoms. The van der Waals surface area contributed by atoms with Crippen molar-refractivity contribution in [3.8, 4) is 0 Å². The number of ether oxygens (including phenoxy) is 1. The molecule has 16 heavy (non-hydrogen) atoms. The Bertz CT molecular complexity index is 204. The molecule has 96 valence electrons. The Labute approximate surface area is 94.9 Å². The molecule has 6 heteroatoms. The second kappa shape index (κ2) is 6.48. The van der Waals surface area contributed by atoms with E-state index in [1.807, 2.05) is 6.92 Å². The zero-order chi connectivity index (χ0) is 12.1. The fourth-order valence-electron chi connectivity index (χ4n) is 1.97. The third-order valence-corrected chi connectivity index (χ3v) is 2.96. The van der Waals surface area contributed by atoms with E-state index < -0.39 is 24.4 Å². The normalized spacial score (nSPS) is 39.9. The molecular formula is C10H21NO5.